The average molecular weight is 1440 g/mol. The number of aliphatic carboxylic acids is 2. The SMILES string of the molecule is COC(=O)CC1CN(C2CCN(C(=O)OC(C)(C)C)CC2)c2cc(Cl)ccc21.COC(=O)CC1CNc2cc(Cl)ccc21.COC(=O)Cc1c[nH]c2cc(Cl)ccc12.Clc1ccc2cc[nH]c2c1.O=C(O)C(=O)c1c[nH]c2cc(Cl)ccc12.O=C(O)Cc1c[nH]c2cc(Cl)ccc12. The number of aromatic amines is 4. The van der Waals surface area contributed by atoms with Crippen molar-refractivity contribution >= 4 is 166 Å². The molecule has 10 aromatic rings. The van der Waals surface area contributed by atoms with E-state index in [0.717, 1.165) is 91.9 Å². The first-order valence-corrected chi connectivity index (χ1v) is 32.7. The maximum atomic E-state index is 12.3. The Kier molecular flexibility index (Phi) is 25.8. The number of benzene rings is 6. The maximum Gasteiger partial charge on any atom is 0.410 e. The topological polar surface area (TPSA) is 279 Å². The van der Waals surface area contributed by atoms with Crippen LogP contribution in [0.1, 0.15) is 90.9 Å². The lowest BCUT2D eigenvalue weighted by molar-refractivity contribution is -0.141. The van der Waals surface area contributed by atoms with Crippen molar-refractivity contribution < 1.29 is 62.7 Å². The van der Waals surface area contributed by atoms with Crippen LogP contribution in [-0.2, 0) is 55.8 Å². The highest BCUT2D eigenvalue weighted by Gasteiger charge is 2.37. The Morgan fingerprint density at radius 3 is 1.58 bits per heavy atom. The van der Waals surface area contributed by atoms with Crippen LogP contribution in [0.4, 0.5) is 16.2 Å². The van der Waals surface area contributed by atoms with Gasteiger partial charge in [0.15, 0.2) is 0 Å². The van der Waals surface area contributed by atoms with E-state index in [-0.39, 0.29) is 54.2 Å². The Labute approximate surface area is 588 Å². The number of methoxy groups -OCH3 is 3. The second-order valence-electron chi connectivity index (χ2n) is 23.7. The number of amides is 1. The first-order valence-electron chi connectivity index (χ1n) is 30.5. The number of carbonyl (C=O) groups excluding carboxylic acids is 5. The average Bonchev–Trinajstić information content (AvgIpc) is 1.61. The zero-order valence-corrected chi connectivity index (χ0v) is 58.2. The number of rotatable bonds is 11. The van der Waals surface area contributed by atoms with Gasteiger partial charge in [-0.2, -0.15) is 0 Å². The summed E-state index contributed by atoms with van der Waals surface area (Å²) in [6.07, 6.45) is 9.33. The third-order valence-corrected chi connectivity index (χ3v) is 17.4. The van der Waals surface area contributed by atoms with Crippen LogP contribution in [-0.4, -0.2) is 136 Å². The number of fused-ring (bicyclic) bond motifs is 6. The standard InChI is InChI=1S/C21H29ClN2O4.C11H12ClNO2.C11H10ClNO2.C10H6ClNO3.C10H8ClNO2.C8H6ClN/c1-21(2,3)28-20(26)23-9-7-16(8-10-23)24-13-14(11-19(25)27-4)17-6-5-15(22)12-18(17)24;2*1-15-11(14)4-7-6-13-10-5-8(12)2-3-9(7)10;11-5-1-2-6-7(9(13)10(14)15)4-12-8(6)3-5;11-7-1-2-8-6(3-10(13)14)5-12-9(8)4-7;9-7-2-1-6-3-4-10-8(6)5-7/h5-6,12,14,16H,7-11,13H2,1-4H3;2-3,5,7,13H,4,6H2,1H3;2-3,5-6,13H,4H2,1H3;1-4,12H,(H,14,15);1-2,4-5,12H,3H2,(H,13,14);1-5,10H. The summed E-state index contributed by atoms with van der Waals surface area (Å²) >= 11 is 35.3. The number of piperidine rings is 1. The fraction of sp³-hybridized carbons (Fsp3) is 0.282. The minimum atomic E-state index is -1.47. The van der Waals surface area contributed by atoms with Gasteiger partial charge in [0.2, 0.25) is 0 Å². The van der Waals surface area contributed by atoms with Crippen molar-refractivity contribution in [2.24, 2.45) is 0 Å². The van der Waals surface area contributed by atoms with Gasteiger partial charge in [0.05, 0.1) is 52.6 Å². The van der Waals surface area contributed by atoms with Crippen molar-refractivity contribution in [3.05, 3.63) is 198 Å². The summed E-state index contributed by atoms with van der Waals surface area (Å²) in [6, 6.07) is 35.4. The molecule has 7 heterocycles. The molecule has 3 aliphatic heterocycles. The molecule has 1 saturated heterocycles. The summed E-state index contributed by atoms with van der Waals surface area (Å²) in [5.74, 6) is -3.55. The molecule has 1 amide bonds. The number of nitrogens with one attached hydrogen (secondary N) is 5. The lowest BCUT2D eigenvalue weighted by Crippen LogP contribution is -2.47. The van der Waals surface area contributed by atoms with E-state index in [9.17, 15) is 33.6 Å². The van der Waals surface area contributed by atoms with Crippen molar-refractivity contribution in [2.45, 2.75) is 82.8 Å². The first kappa shape index (κ1) is 73.9. The summed E-state index contributed by atoms with van der Waals surface area (Å²) < 4.78 is 19.6. The van der Waals surface area contributed by atoms with E-state index in [4.69, 9.17) is 89.3 Å². The van der Waals surface area contributed by atoms with Crippen LogP contribution in [0.5, 0.6) is 0 Å². The van der Waals surface area contributed by atoms with E-state index in [0.29, 0.717) is 68.0 Å². The van der Waals surface area contributed by atoms with Gasteiger partial charge in [0, 0.05) is 149 Å². The van der Waals surface area contributed by atoms with Gasteiger partial charge >= 0.3 is 35.9 Å². The Balaban J connectivity index is 0.000000153. The number of H-pyrrole nitrogens is 4. The number of hydrogen-bond acceptors (Lipinski definition) is 13. The second-order valence-corrected chi connectivity index (χ2v) is 26.3. The molecule has 0 saturated carbocycles. The number of ether oxygens (including phenoxy) is 4. The molecule has 6 aromatic carbocycles. The molecule has 0 aliphatic carbocycles. The van der Waals surface area contributed by atoms with E-state index in [1.807, 2.05) is 106 Å². The molecule has 3 aliphatic rings. The molecule has 2 atom stereocenters. The number of carboxylic acid groups (broad SMARTS) is 2. The number of ketones is 1. The molecular weight excluding hydrogens is 1370 g/mol. The number of aromatic nitrogens is 4. The summed E-state index contributed by atoms with van der Waals surface area (Å²) in [5.41, 5.74) is 9.31. The summed E-state index contributed by atoms with van der Waals surface area (Å²) in [7, 11) is 4.21. The van der Waals surface area contributed by atoms with E-state index >= 15 is 0 Å². The Bertz CT molecular complexity index is 4470. The maximum absolute atomic E-state index is 12.3. The van der Waals surface area contributed by atoms with Gasteiger partial charge < -0.3 is 64.2 Å². The fourth-order valence-electron chi connectivity index (χ4n) is 11.3. The number of Topliss-reactive ketones (excluding diaryl/α,β-unsaturated/α-hetero) is 1. The molecule has 20 nitrogen and oxygen atoms in total. The normalized spacial score (nSPS) is 14.5. The monoisotopic (exact) mass is 1440 g/mol. The van der Waals surface area contributed by atoms with Crippen LogP contribution >= 0.6 is 69.6 Å². The van der Waals surface area contributed by atoms with Crippen molar-refractivity contribution in [3.63, 3.8) is 0 Å². The quantitative estimate of drug-likeness (QED) is 0.0274. The van der Waals surface area contributed by atoms with Crippen LogP contribution < -0.4 is 10.2 Å². The van der Waals surface area contributed by atoms with Crippen molar-refractivity contribution in [1.29, 1.82) is 0 Å². The van der Waals surface area contributed by atoms with Gasteiger partial charge in [0.25, 0.3) is 5.78 Å². The minimum absolute atomic E-state index is 0.0294. The summed E-state index contributed by atoms with van der Waals surface area (Å²) in [4.78, 5) is 94.8. The zero-order valence-electron chi connectivity index (χ0n) is 53.6. The molecule has 1 fully saturated rings. The molecule has 0 radical (unpaired) electrons. The third kappa shape index (κ3) is 20.3. The molecule has 97 heavy (non-hydrogen) atoms. The number of nitrogens with zero attached hydrogens (tertiary/aromatic N) is 2. The highest BCUT2D eigenvalue weighted by molar-refractivity contribution is 6.42. The van der Waals surface area contributed by atoms with Crippen LogP contribution in [0.15, 0.2) is 140 Å². The molecular formula is C71H71Cl6N7O13. The Morgan fingerprint density at radius 2 is 1.02 bits per heavy atom. The molecule has 7 N–H and O–H groups in total. The number of carbonyl (C=O) groups is 7. The number of likely N-dealkylation sites (tertiary alicyclic amines) is 1. The molecule has 510 valence electrons. The largest absolute Gasteiger partial charge is 0.481 e. The molecule has 2 unspecified atom stereocenters. The first-order chi connectivity index (χ1) is 46.2. The minimum Gasteiger partial charge on any atom is -0.481 e. The Hall–Kier alpha value is -8.89. The highest BCUT2D eigenvalue weighted by atomic mass is 35.5. The number of esters is 3. The van der Waals surface area contributed by atoms with Crippen LogP contribution in [0.2, 0.25) is 30.1 Å². The van der Waals surface area contributed by atoms with E-state index in [1.54, 1.807) is 53.7 Å². The van der Waals surface area contributed by atoms with Crippen LogP contribution in [0.3, 0.4) is 0 Å². The third-order valence-electron chi connectivity index (χ3n) is 16.0. The molecule has 4 aromatic heterocycles. The van der Waals surface area contributed by atoms with Crippen LogP contribution in [0, 0.1) is 0 Å². The lowest BCUT2D eigenvalue weighted by atomic mass is 9.98. The van der Waals surface area contributed by atoms with Crippen molar-refractivity contribution in [1.82, 2.24) is 24.8 Å². The van der Waals surface area contributed by atoms with Crippen molar-refractivity contribution in [3.8, 4) is 0 Å². The summed E-state index contributed by atoms with van der Waals surface area (Å²) in [6.45, 7) is 8.49. The molecule has 13 rings (SSSR count). The Morgan fingerprint density at radius 1 is 0.536 bits per heavy atom. The van der Waals surface area contributed by atoms with E-state index in [2.05, 4.69) is 39.6 Å². The summed E-state index contributed by atoms with van der Waals surface area (Å²) in [5, 5.41) is 28.2. The predicted molar refractivity (Wildman–Crippen MR) is 381 cm³/mol. The smallest absolute Gasteiger partial charge is 0.410 e. The van der Waals surface area contributed by atoms with E-state index < -0.39 is 23.3 Å². The molecule has 26 heteroatoms. The van der Waals surface area contributed by atoms with Gasteiger partial charge in [-0.3, -0.25) is 24.0 Å². The van der Waals surface area contributed by atoms with Gasteiger partial charge in [-0.05, 0) is 140 Å². The van der Waals surface area contributed by atoms with Gasteiger partial charge in [-0.25, -0.2) is 9.59 Å². The molecule has 0 spiro atoms. The van der Waals surface area contributed by atoms with Crippen LogP contribution in [0.25, 0.3) is 43.6 Å². The van der Waals surface area contributed by atoms with E-state index in [1.165, 1.54) is 32.9 Å². The van der Waals surface area contributed by atoms with Gasteiger partial charge in [-0.1, -0.05) is 106 Å². The predicted octanol–water partition coefficient (Wildman–Crippen LogP) is 16.5. The lowest BCUT2D eigenvalue weighted by Gasteiger charge is -2.38. The zero-order chi connectivity index (χ0) is 70.3. The van der Waals surface area contributed by atoms with Gasteiger partial charge in [-0.15, -0.1) is 0 Å². The molecule has 0 bridgehead atoms. The second kappa shape index (κ2) is 33.9. The van der Waals surface area contributed by atoms with Gasteiger partial charge in [0.1, 0.15) is 5.60 Å². The van der Waals surface area contributed by atoms with Crippen molar-refractivity contribution in [2.75, 3.05) is 57.7 Å². The number of anilines is 2. The fourth-order valence-corrected chi connectivity index (χ4v) is 12.3. The number of halogens is 6. The number of carboxylic acids is 2. The highest BCUT2D eigenvalue weighted by Crippen LogP contribution is 2.43. The number of hydrogen-bond donors (Lipinski definition) is 7.